The van der Waals surface area contributed by atoms with Gasteiger partial charge < -0.3 is 10.6 Å². The summed E-state index contributed by atoms with van der Waals surface area (Å²) in [4.78, 5) is 28.0. The molecule has 1 fully saturated rings. The van der Waals surface area contributed by atoms with Crippen LogP contribution in [0.2, 0.25) is 0 Å². The van der Waals surface area contributed by atoms with Crippen molar-refractivity contribution in [2.45, 2.75) is 24.8 Å². The van der Waals surface area contributed by atoms with E-state index in [4.69, 9.17) is 10.7 Å². The van der Waals surface area contributed by atoms with Crippen LogP contribution in [0.25, 0.3) is 0 Å². The lowest BCUT2D eigenvalue weighted by atomic mass is 9.82. The molecular formula is C32H22F5N5O2. The molecule has 5 rings (SSSR count). The highest BCUT2D eigenvalue weighted by atomic mass is 19.4. The number of alkyl halides is 3. The number of amides is 2. The van der Waals surface area contributed by atoms with E-state index in [0.29, 0.717) is 11.1 Å². The van der Waals surface area contributed by atoms with E-state index in [2.05, 4.69) is 10.6 Å². The molecule has 3 N–H and O–H groups in total. The number of carbonyl (C=O) groups excluding carboxylic acids is 2. The number of hydrogen-bond acceptors (Lipinski definition) is 4. The van der Waals surface area contributed by atoms with Gasteiger partial charge in [0.15, 0.2) is 11.5 Å². The molecule has 0 atom stereocenters. The number of nitrogens with one attached hydrogen (secondary N) is 3. The summed E-state index contributed by atoms with van der Waals surface area (Å²) in [6.07, 6.45) is -4.86. The topological polar surface area (TPSA) is 109 Å². The van der Waals surface area contributed by atoms with Gasteiger partial charge in [-0.2, -0.15) is 18.4 Å². The molecule has 0 bridgehead atoms. The van der Waals surface area contributed by atoms with Crippen molar-refractivity contribution in [1.82, 2.24) is 15.5 Å². The zero-order chi connectivity index (χ0) is 31.6. The average Bonchev–Trinajstić information content (AvgIpc) is 3.25. The Morgan fingerprint density at radius 3 is 1.95 bits per heavy atom. The molecule has 1 heterocycles. The van der Waals surface area contributed by atoms with Crippen LogP contribution in [0, 0.1) is 28.4 Å². The van der Waals surface area contributed by atoms with Crippen molar-refractivity contribution in [3.05, 3.63) is 142 Å². The molecule has 1 saturated heterocycles. The fourth-order valence-corrected chi connectivity index (χ4v) is 4.99. The maximum absolute atomic E-state index is 14.0. The van der Waals surface area contributed by atoms with Gasteiger partial charge in [0.2, 0.25) is 0 Å². The third-order valence-corrected chi connectivity index (χ3v) is 7.21. The lowest BCUT2D eigenvalue weighted by Gasteiger charge is -2.28. The first-order chi connectivity index (χ1) is 20.9. The molecule has 4 aromatic carbocycles. The second kappa shape index (κ2) is 11.6. The van der Waals surface area contributed by atoms with E-state index in [1.54, 1.807) is 12.1 Å². The molecule has 0 aliphatic carbocycles. The molecule has 1 aliphatic heterocycles. The van der Waals surface area contributed by atoms with Crippen molar-refractivity contribution in [2.75, 3.05) is 0 Å². The summed E-state index contributed by atoms with van der Waals surface area (Å²) in [5, 5.41) is 22.8. The molecule has 44 heavy (non-hydrogen) atoms. The van der Waals surface area contributed by atoms with Crippen LogP contribution in [0.5, 0.6) is 0 Å². The minimum absolute atomic E-state index is 0.108. The van der Waals surface area contributed by atoms with Gasteiger partial charge in [-0.25, -0.2) is 8.78 Å². The van der Waals surface area contributed by atoms with Gasteiger partial charge in [0.1, 0.15) is 11.6 Å². The van der Waals surface area contributed by atoms with Gasteiger partial charge in [-0.05, 0) is 70.8 Å². The molecule has 0 unspecified atom stereocenters. The molecule has 12 heteroatoms. The number of halogens is 5. The van der Waals surface area contributed by atoms with Crippen LogP contribution in [0.15, 0.2) is 91.0 Å². The number of rotatable bonds is 7. The van der Waals surface area contributed by atoms with Crippen LogP contribution in [-0.2, 0) is 29.6 Å². The number of benzene rings is 4. The van der Waals surface area contributed by atoms with E-state index >= 15 is 0 Å². The minimum Gasteiger partial charge on any atom is -0.348 e. The van der Waals surface area contributed by atoms with Crippen molar-refractivity contribution < 1.29 is 31.5 Å². The van der Waals surface area contributed by atoms with Crippen molar-refractivity contribution >= 4 is 17.8 Å². The van der Waals surface area contributed by atoms with E-state index in [-0.39, 0.29) is 29.8 Å². The van der Waals surface area contributed by atoms with Crippen molar-refractivity contribution in [3.8, 4) is 6.07 Å². The Labute approximate surface area is 248 Å². The Hall–Kier alpha value is -5.57. The summed E-state index contributed by atoms with van der Waals surface area (Å²) in [7, 11) is 0. The van der Waals surface area contributed by atoms with E-state index < -0.39 is 52.3 Å². The highest BCUT2D eigenvalue weighted by Gasteiger charge is 2.52. The summed E-state index contributed by atoms with van der Waals surface area (Å²) >= 11 is 0. The Morgan fingerprint density at radius 2 is 1.43 bits per heavy atom. The van der Waals surface area contributed by atoms with Gasteiger partial charge in [0.25, 0.3) is 11.8 Å². The van der Waals surface area contributed by atoms with E-state index in [1.165, 1.54) is 36.4 Å². The Morgan fingerprint density at radius 1 is 0.886 bits per heavy atom. The van der Waals surface area contributed by atoms with Crippen molar-refractivity contribution in [3.63, 3.8) is 0 Å². The zero-order valence-electron chi connectivity index (χ0n) is 22.7. The summed E-state index contributed by atoms with van der Waals surface area (Å²) in [6.45, 7) is -0.494. The predicted molar refractivity (Wildman–Crippen MR) is 149 cm³/mol. The van der Waals surface area contributed by atoms with Crippen molar-refractivity contribution in [2.24, 2.45) is 0 Å². The molecule has 0 spiro atoms. The second-order valence-corrected chi connectivity index (χ2v) is 10.00. The minimum atomic E-state index is -4.86. The van der Waals surface area contributed by atoms with Gasteiger partial charge in [0, 0.05) is 6.54 Å². The normalized spacial score (nSPS) is 14.2. The summed E-state index contributed by atoms with van der Waals surface area (Å²) in [6, 6.07) is 20.8. The first-order valence-electron chi connectivity index (χ1n) is 13.1. The van der Waals surface area contributed by atoms with Gasteiger partial charge in [-0.3, -0.25) is 19.9 Å². The van der Waals surface area contributed by atoms with E-state index in [0.717, 1.165) is 47.4 Å². The molecule has 4 aromatic rings. The van der Waals surface area contributed by atoms with Crippen LogP contribution in [-0.4, -0.2) is 22.7 Å². The summed E-state index contributed by atoms with van der Waals surface area (Å²) in [5.41, 5.74) is -2.07. The lowest BCUT2D eigenvalue weighted by molar-refractivity contribution is -0.138. The second-order valence-electron chi connectivity index (χ2n) is 10.00. The predicted octanol–water partition coefficient (Wildman–Crippen LogP) is 5.60. The number of nitriles is 1. The first kappa shape index (κ1) is 29.9. The van der Waals surface area contributed by atoms with Gasteiger partial charge in [-0.1, -0.05) is 42.5 Å². The maximum Gasteiger partial charge on any atom is 0.417 e. The first-order valence-corrected chi connectivity index (χ1v) is 13.1. The molecule has 2 amide bonds. The van der Waals surface area contributed by atoms with Crippen LogP contribution in [0.1, 0.15) is 43.7 Å². The van der Waals surface area contributed by atoms with Crippen LogP contribution in [0.3, 0.4) is 0 Å². The van der Waals surface area contributed by atoms with Crippen LogP contribution < -0.4 is 10.6 Å². The molecule has 7 nitrogen and oxygen atoms in total. The maximum atomic E-state index is 14.0. The Bertz CT molecular complexity index is 1740. The third kappa shape index (κ3) is 5.72. The molecule has 0 aromatic heterocycles. The molecule has 0 radical (unpaired) electrons. The fraction of sp³-hybridized carbons (Fsp3) is 0.125. The number of hydrogen-bond donors (Lipinski definition) is 3. The molecule has 1 aliphatic rings. The smallest absolute Gasteiger partial charge is 0.348 e. The van der Waals surface area contributed by atoms with Gasteiger partial charge in [-0.15, -0.1) is 0 Å². The van der Waals surface area contributed by atoms with E-state index in [9.17, 15) is 31.5 Å². The molecular weight excluding hydrogens is 581 g/mol. The summed E-state index contributed by atoms with van der Waals surface area (Å²) in [5.74, 6) is -3.29. The zero-order valence-corrected chi connectivity index (χ0v) is 22.7. The highest BCUT2D eigenvalue weighted by molar-refractivity contribution is 6.10. The molecule has 222 valence electrons. The highest BCUT2D eigenvalue weighted by Crippen LogP contribution is 2.38. The van der Waals surface area contributed by atoms with Crippen molar-refractivity contribution in [1.29, 1.82) is 10.7 Å². The average molecular weight is 604 g/mol. The fourth-order valence-electron chi connectivity index (χ4n) is 4.99. The largest absolute Gasteiger partial charge is 0.417 e. The number of carbonyl (C=O) groups is 2. The van der Waals surface area contributed by atoms with Gasteiger partial charge >= 0.3 is 6.18 Å². The molecule has 0 saturated carbocycles. The Balaban J connectivity index is 1.46. The quantitative estimate of drug-likeness (QED) is 0.239. The lowest BCUT2D eigenvalue weighted by Crippen LogP contribution is -2.45. The van der Waals surface area contributed by atoms with Gasteiger partial charge in [0.05, 0.1) is 29.3 Å². The van der Waals surface area contributed by atoms with Crippen LogP contribution >= 0.6 is 0 Å². The van der Waals surface area contributed by atoms with E-state index in [1.807, 2.05) is 6.07 Å². The number of guanidine groups is 1. The SMILES string of the molecule is N#Cc1ccc(CNC(=O)c2cc(CN3C(=N)NC(c4ccc(F)cc4)(c4ccc(F)cc4)C3=O)ccc2C(F)(F)F)cc1. The monoisotopic (exact) mass is 603 g/mol. The number of nitrogens with zero attached hydrogens (tertiary/aromatic N) is 2. The van der Waals surface area contributed by atoms with Crippen LogP contribution in [0.4, 0.5) is 22.0 Å². The third-order valence-electron chi connectivity index (χ3n) is 7.21. The standard InChI is InChI=1S/C32H22F5N5O2/c33-24-10-6-22(7-11-24)31(23-8-12-25(34)13-9-23)29(44)42(30(39)41-31)18-21-5-14-27(32(35,36)37)26(15-21)28(43)40-17-20-3-1-19(16-38)2-4-20/h1-15H,17-18H2,(H2,39,41)(H,40,43). The summed E-state index contributed by atoms with van der Waals surface area (Å²) < 4.78 is 69.2. The Kier molecular flexibility index (Phi) is 7.89.